The van der Waals surface area contributed by atoms with Crippen molar-refractivity contribution in [3.8, 4) is 0 Å². The van der Waals surface area contributed by atoms with Crippen molar-refractivity contribution in [2.45, 2.75) is 29.4 Å². The fourth-order valence-electron chi connectivity index (χ4n) is 2.52. The van der Waals surface area contributed by atoms with Crippen molar-refractivity contribution < 1.29 is 5.11 Å². The summed E-state index contributed by atoms with van der Waals surface area (Å²) < 4.78 is -0.0759. The fourth-order valence-corrected chi connectivity index (χ4v) is 9.96. The van der Waals surface area contributed by atoms with Crippen LogP contribution in [0.2, 0.25) is 19.6 Å². The summed E-state index contributed by atoms with van der Waals surface area (Å²) in [7, 11) is -1.54. The minimum absolute atomic E-state index is 0.0759. The Morgan fingerprint density at radius 2 is 1.71 bits per heavy atom. The number of aliphatic hydroxyl groups is 1. The summed E-state index contributed by atoms with van der Waals surface area (Å²) in [4.78, 5) is 0. The molecule has 1 N–H and O–H groups in total. The van der Waals surface area contributed by atoms with Crippen molar-refractivity contribution in [2.24, 2.45) is 0 Å². The van der Waals surface area contributed by atoms with Crippen molar-refractivity contribution in [3.05, 3.63) is 54.1 Å². The lowest BCUT2D eigenvalue weighted by Crippen LogP contribution is -2.50. The summed E-state index contributed by atoms with van der Waals surface area (Å²) in [5, 5.41) is 10.5. The smallest absolute Gasteiger partial charge is 0.0950 e. The normalized spacial score (nSPS) is 14.4. The highest BCUT2D eigenvalue weighted by Crippen LogP contribution is 2.48. The zero-order valence-electron chi connectivity index (χ0n) is 13.6. The topological polar surface area (TPSA) is 20.2 Å². The second-order valence-corrected chi connectivity index (χ2v) is 14.3. The van der Waals surface area contributed by atoms with Crippen LogP contribution in [0.25, 0.3) is 6.08 Å². The van der Waals surface area contributed by atoms with E-state index in [2.05, 4.69) is 38.7 Å². The third-order valence-electron chi connectivity index (χ3n) is 3.61. The molecule has 1 atom stereocenters. The molecule has 0 aromatic heterocycles. The molecule has 0 fully saturated rings. The molecule has 0 spiro atoms. The molecule has 0 heterocycles. The van der Waals surface area contributed by atoms with Crippen LogP contribution < -0.4 is 0 Å². The number of benzene rings is 1. The van der Waals surface area contributed by atoms with Gasteiger partial charge in [-0.25, -0.2) is 0 Å². The highest BCUT2D eigenvalue weighted by atomic mass is 32.2. The first-order valence-electron chi connectivity index (χ1n) is 6.99. The van der Waals surface area contributed by atoms with Crippen LogP contribution in [0.4, 0.5) is 0 Å². The predicted molar refractivity (Wildman–Crippen MR) is 104 cm³/mol. The molecular formula is C17H26OS2Si. The van der Waals surface area contributed by atoms with E-state index < -0.39 is 14.2 Å². The van der Waals surface area contributed by atoms with Crippen LogP contribution >= 0.6 is 23.5 Å². The first-order chi connectivity index (χ1) is 9.78. The van der Waals surface area contributed by atoms with E-state index in [9.17, 15) is 5.11 Å². The molecule has 1 aromatic rings. The molecule has 0 aliphatic carbocycles. The molecule has 0 saturated heterocycles. The molecule has 0 amide bonds. The molecule has 0 saturated carbocycles. The molecule has 1 nitrogen and oxygen atoms in total. The van der Waals surface area contributed by atoms with Crippen molar-refractivity contribution >= 4 is 37.7 Å². The molecule has 0 radical (unpaired) electrons. The fraction of sp³-hybridized carbons (Fsp3) is 0.412. The Balaban J connectivity index is 2.97. The molecule has 1 unspecified atom stereocenters. The third-order valence-corrected chi connectivity index (χ3v) is 13.5. The van der Waals surface area contributed by atoms with Crippen LogP contribution in [0.3, 0.4) is 0 Å². The van der Waals surface area contributed by atoms with Gasteiger partial charge >= 0.3 is 0 Å². The van der Waals surface area contributed by atoms with E-state index in [4.69, 9.17) is 0 Å². The predicted octanol–water partition coefficient (Wildman–Crippen LogP) is 4.92. The number of hydrogen-bond donors (Lipinski definition) is 1. The van der Waals surface area contributed by atoms with Crippen LogP contribution in [-0.4, -0.2) is 35.5 Å². The first-order valence-corrected chi connectivity index (χ1v) is 12.9. The SMILES string of the molecule is C=C(C(O)/C=C/c1ccccc1)C(SC)(SC)[Si](C)(C)C. The summed E-state index contributed by atoms with van der Waals surface area (Å²) in [6.07, 6.45) is 7.43. The lowest BCUT2D eigenvalue weighted by atomic mass is 10.1. The van der Waals surface area contributed by atoms with Gasteiger partial charge in [0.25, 0.3) is 0 Å². The van der Waals surface area contributed by atoms with Gasteiger partial charge in [0.15, 0.2) is 0 Å². The van der Waals surface area contributed by atoms with Crippen LogP contribution in [0.15, 0.2) is 48.6 Å². The van der Waals surface area contributed by atoms with Gasteiger partial charge in [-0.05, 0) is 23.6 Å². The van der Waals surface area contributed by atoms with E-state index in [1.54, 1.807) is 0 Å². The Morgan fingerprint density at radius 3 is 2.14 bits per heavy atom. The van der Waals surface area contributed by atoms with Crippen LogP contribution in [-0.2, 0) is 0 Å². The van der Waals surface area contributed by atoms with E-state index in [1.807, 2.05) is 66.0 Å². The van der Waals surface area contributed by atoms with E-state index in [1.165, 1.54) is 0 Å². The monoisotopic (exact) mass is 338 g/mol. The van der Waals surface area contributed by atoms with Gasteiger partial charge in [-0.1, -0.05) is 68.7 Å². The van der Waals surface area contributed by atoms with Crippen molar-refractivity contribution in [1.82, 2.24) is 0 Å². The average Bonchev–Trinajstić information content (AvgIpc) is 2.46. The molecule has 0 bridgehead atoms. The zero-order valence-corrected chi connectivity index (χ0v) is 16.2. The highest BCUT2D eigenvalue weighted by molar-refractivity contribution is 8.20. The number of hydrogen-bond acceptors (Lipinski definition) is 3. The minimum Gasteiger partial charge on any atom is -0.385 e. The van der Waals surface area contributed by atoms with Gasteiger partial charge in [0, 0.05) is 0 Å². The molecular weight excluding hydrogens is 312 g/mol. The van der Waals surface area contributed by atoms with E-state index in [0.717, 1.165) is 11.1 Å². The van der Waals surface area contributed by atoms with Crippen molar-refractivity contribution in [2.75, 3.05) is 12.5 Å². The van der Waals surface area contributed by atoms with E-state index >= 15 is 0 Å². The van der Waals surface area contributed by atoms with Gasteiger partial charge in [-0.3, -0.25) is 0 Å². The molecule has 21 heavy (non-hydrogen) atoms. The van der Waals surface area contributed by atoms with Crippen LogP contribution in [0.1, 0.15) is 5.56 Å². The maximum atomic E-state index is 10.5. The van der Waals surface area contributed by atoms with E-state index in [-0.39, 0.29) is 3.70 Å². The van der Waals surface area contributed by atoms with Crippen LogP contribution in [0.5, 0.6) is 0 Å². The summed E-state index contributed by atoms with van der Waals surface area (Å²) in [5.41, 5.74) is 2.00. The maximum absolute atomic E-state index is 10.5. The number of rotatable bonds is 7. The minimum atomic E-state index is -1.54. The van der Waals surface area contributed by atoms with Gasteiger partial charge in [-0.2, -0.15) is 0 Å². The number of aliphatic hydroxyl groups excluding tert-OH is 1. The lowest BCUT2D eigenvalue weighted by molar-refractivity contribution is 0.258. The quantitative estimate of drug-likeness (QED) is 0.433. The summed E-state index contributed by atoms with van der Waals surface area (Å²) in [6.45, 7) is 11.2. The Morgan fingerprint density at radius 1 is 1.19 bits per heavy atom. The zero-order chi connectivity index (χ0) is 16.1. The Hall–Kier alpha value is -0.423. The largest absolute Gasteiger partial charge is 0.385 e. The third kappa shape index (κ3) is 4.28. The summed E-state index contributed by atoms with van der Waals surface area (Å²) in [6, 6.07) is 10.0. The molecule has 0 aliphatic rings. The standard InChI is InChI=1S/C17H26OS2Si/c1-14(17(19-2,20-3)21(4,5)6)16(18)13-12-15-10-8-7-9-11-15/h7-13,16,18H,1H2,2-6H3/b13-12+. The van der Waals surface area contributed by atoms with Gasteiger partial charge < -0.3 is 5.11 Å². The molecule has 0 aliphatic heterocycles. The Kier molecular flexibility index (Phi) is 6.85. The molecule has 116 valence electrons. The molecule has 1 rings (SSSR count). The summed E-state index contributed by atoms with van der Waals surface area (Å²) >= 11 is 3.63. The Labute approximate surface area is 138 Å². The second kappa shape index (κ2) is 7.72. The van der Waals surface area contributed by atoms with Gasteiger partial charge in [0.1, 0.15) is 0 Å². The van der Waals surface area contributed by atoms with Gasteiger partial charge in [-0.15, -0.1) is 23.5 Å². The van der Waals surface area contributed by atoms with E-state index in [0.29, 0.717) is 0 Å². The highest BCUT2D eigenvalue weighted by Gasteiger charge is 2.46. The van der Waals surface area contributed by atoms with Gasteiger partial charge in [0.2, 0.25) is 0 Å². The molecule has 1 aromatic carbocycles. The summed E-state index contributed by atoms with van der Waals surface area (Å²) in [5.74, 6) is 0. The second-order valence-electron chi connectivity index (χ2n) is 6.01. The van der Waals surface area contributed by atoms with Crippen LogP contribution in [0, 0.1) is 0 Å². The lowest BCUT2D eigenvalue weighted by Gasteiger charge is -2.43. The molecule has 4 heteroatoms. The first kappa shape index (κ1) is 18.6. The number of thioether (sulfide) groups is 2. The maximum Gasteiger partial charge on any atom is 0.0950 e. The van der Waals surface area contributed by atoms with Crippen molar-refractivity contribution in [1.29, 1.82) is 0 Å². The average molecular weight is 339 g/mol. The Bertz CT molecular complexity index is 487. The van der Waals surface area contributed by atoms with Gasteiger partial charge in [0.05, 0.1) is 17.9 Å². The van der Waals surface area contributed by atoms with Crippen molar-refractivity contribution in [3.63, 3.8) is 0 Å².